The van der Waals surface area contributed by atoms with Crippen molar-refractivity contribution >= 4 is 52.4 Å². The van der Waals surface area contributed by atoms with Gasteiger partial charge < -0.3 is 16.0 Å². The van der Waals surface area contributed by atoms with Gasteiger partial charge in [0.15, 0.2) is 0 Å². The number of aryl methyl sites for hydroxylation is 3. The largest absolute Gasteiger partial charge is 0.397 e. The zero-order valence-electron chi connectivity index (χ0n) is 16.4. The van der Waals surface area contributed by atoms with Crippen LogP contribution in [0.1, 0.15) is 36.9 Å². The van der Waals surface area contributed by atoms with Gasteiger partial charge in [-0.2, -0.15) is 5.10 Å². The molecule has 0 spiro atoms. The Labute approximate surface area is 173 Å². The number of nitrogens with one attached hydrogen (secondary N) is 1. The summed E-state index contributed by atoms with van der Waals surface area (Å²) in [7, 11) is 5.97. The Bertz CT molecular complexity index is 1150. The van der Waals surface area contributed by atoms with E-state index in [0.29, 0.717) is 39.5 Å². The number of nitrogen functional groups attached to an aromatic ring is 1. The smallest absolute Gasteiger partial charge is 0.263 e. The number of rotatable bonds is 3. The first-order valence-electron chi connectivity index (χ1n) is 9.24. The van der Waals surface area contributed by atoms with E-state index in [4.69, 9.17) is 13.6 Å². The molecule has 29 heavy (non-hydrogen) atoms. The van der Waals surface area contributed by atoms with Crippen LogP contribution in [-0.2, 0) is 0 Å². The van der Waals surface area contributed by atoms with Gasteiger partial charge in [0, 0.05) is 24.0 Å². The van der Waals surface area contributed by atoms with Crippen LogP contribution in [0, 0.1) is 20.8 Å². The van der Waals surface area contributed by atoms with Gasteiger partial charge in [0.2, 0.25) is 0 Å². The van der Waals surface area contributed by atoms with E-state index in [1.807, 2.05) is 26.8 Å². The summed E-state index contributed by atoms with van der Waals surface area (Å²) in [6.45, 7) is 6.57. The van der Waals surface area contributed by atoms with Crippen molar-refractivity contribution in [2.24, 2.45) is 0 Å². The number of nitrogens with two attached hydrogens (primary N) is 1. The number of thiophene rings is 1. The van der Waals surface area contributed by atoms with E-state index in [1.165, 1.54) is 11.3 Å². The Balaban J connectivity index is 1.44. The highest BCUT2D eigenvalue weighted by Gasteiger charge is 2.33. The summed E-state index contributed by atoms with van der Waals surface area (Å²) in [5, 5.41) is 12.0. The maximum Gasteiger partial charge on any atom is 0.263 e. The molecular formula is C20H20BN5O2S. The minimum absolute atomic E-state index is 0.128. The van der Waals surface area contributed by atoms with Gasteiger partial charge in [-0.25, -0.2) is 0 Å². The van der Waals surface area contributed by atoms with E-state index in [9.17, 15) is 9.59 Å². The van der Waals surface area contributed by atoms with Crippen molar-refractivity contribution < 1.29 is 9.59 Å². The molecule has 0 aliphatic carbocycles. The van der Waals surface area contributed by atoms with Gasteiger partial charge >= 0.3 is 0 Å². The van der Waals surface area contributed by atoms with Crippen LogP contribution < -0.4 is 16.5 Å². The van der Waals surface area contributed by atoms with Gasteiger partial charge in [0.25, 0.3) is 11.8 Å². The summed E-state index contributed by atoms with van der Waals surface area (Å²) in [5.41, 5.74) is 10.3. The number of hydrogen-bond donors (Lipinski definition) is 2. The lowest BCUT2D eigenvalue weighted by Crippen LogP contribution is -2.61. The second-order valence-electron chi connectivity index (χ2n) is 7.41. The maximum absolute atomic E-state index is 12.7. The molecule has 2 aromatic heterocycles. The molecule has 146 valence electrons. The molecular weight excluding hydrogens is 385 g/mol. The van der Waals surface area contributed by atoms with Gasteiger partial charge in [-0.1, -0.05) is 23.2 Å². The first-order valence-corrected chi connectivity index (χ1v) is 10.1. The molecule has 1 aliphatic rings. The molecule has 1 aliphatic heterocycles. The summed E-state index contributed by atoms with van der Waals surface area (Å²) < 4.78 is 0. The van der Waals surface area contributed by atoms with Gasteiger partial charge in [-0.15, -0.1) is 16.4 Å². The number of amides is 2. The SMILES string of the molecule is [B]c1cc(C)ccc1C(=O)N1CC(NC(=O)c2sc3nnc(C)c(C)c3c2N)C1. The Kier molecular flexibility index (Phi) is 4.78. The lowest BCUT2D eigenvalue weighted by atomic mass is 9.88. The highest BCUT2D eigenvalue weighted by Crippen LogP contribution is 2.34. The Morgan fingerprint density at radius 3 is 2.66 bits per heavy atom. The molecule has 3 heterocycles. The van der Waals surface area contributed by atoms with Crippen LogP contribution in [0.25, 0.3) is 10.2 Å². The van der Waals surface area contributed by atoms with Gasteiger partial charge in [0.05, 0.1) is 17.4 Å². The first kappa shape index (κ1) is 19.4. The lowest BCUT2D eigenvalue weighted by molar-refractivity contribution is 0.0544. The molecule has 3 aromatic rings. The van der Waals surface area contributed by atoms with Crippen molar-refractivity contribution in [2.45, 2.75) is 26.8 Å². The van der Waals surface area contributed by atoms with Crippen LogP contribution in [0.15, 0.2) is 18.2 Å². The number of hydrogen-bond acceptors (Lipinski definition) is 6. The molecule has 7 nitrogen and oxygen atoms in total. The minimum Gasteiger partial charge on any atom is -0.397 e. The van der Waals surface area contributed by atoms with Crippen LogP contribution in [0.2, 0.25) is 0 Å². The molecule has 9 heteroatoms. The van der Waals surface area contributed by atoms with E-state index in [-0.39, 0.29) is 17.9 Å². The van der Waals surface area contributed by atoms with Crippen LogP contribution in [0.3, 0.4) is 0 Å². The average Bonchev–Trinajstić information content (AvgIpc) is 2.97. The van der Waals surface area contributed by atoms with E-state index >= 15 is 0 Å². The monoisotopic (exact) mass is 405 g/mol. The molecule has 2 amide bonds. The number of nitrogens with zero attached hydrogens (tertiary/aromatic N) is 3. The summed E-state index contributed by atoms with van der Waals surface area (Å²) in [6, 6.07) is 5.25. The quantitative estimate of drug-likeness (QED) is 0.639. The van der Waals surface area contributed by atoms with Crippen LogP contribution >= 0.6 is 11.3 Å². The number of fused-ring (bicyclic) bond motifs is 1. The zero-order valence-corrected chi connectivity index (χ0v) is 17.3. The Morgan fingerprint density at radius 2 is 1.97 bits per heavy atom. The number of carbonyl (C=O) groups is 2. The van der Waals surface area contributed by atoms with Gasteiger partial charge in [-0.3, -0.25) is 9.59 Å². The van der Waals surface area contributed by atoms with Crippen molar-refractivity contribution in [3.63, 3.8) is 0 Å². The lowest BCUT2D eigenvalue weighted by Gasteiger charge is -2.39. The molecule has 1 aromatic carbocycles. The Hall–Kier alpha value is -2.94. The van der Waals surface area contributed by atoms with E-state index in [0.717, 1.165) is 22.2 Å². The maximum atomic E-state index is 12.7. The zero-order chi connectivity index (χ0) is 20.9. The number of anilines is 1. The molecule has 3 N–H and O–H groups in total. The normalized spacial score (nSPS) is 14.1. The summed E-state index contributed by atoms with van der Waals surface area (Å²) in [4.78, 5) is 28.1. The molecule has 0 unspecified atom stereocenters. The van der Waals surface area contributed by atoms with E-state index in [1.54, 1.807) is 17.0 Å². The second kappa shape index (κ2) is 7.15. The van der Waals surface area contributed by atoms with Crippen molar-refractivity contribution in [3.05, 3.63) is 45.5 Å². The molecule has 0 bridgehead atoms. The van der Waals surface area contributed by atoms with Crippen LogP contribution in [0.4, 0.5) is 5.69 Å². The Morgan fingerprint density at radius 1 is 1.24 bits per heavy atom. The van der Waals surface area contributed by atoms with Crippen molar-refractivity contribution in [1.82, 2.24) is 20.4 Å². The summed E-state index contributed by atoms with van der Waals surface area (Å²) in [5.74, 6) is -0.384. The third-order valence-corrected chi connectivity index (χ3v) is 6.37. The molecule has 1 fully saturated rings. The average molecular weight is 405 g/mol. The summed E-state index contributed by atoms with van der Waals surface area (Å²) >= 11 is 1.23. The predicted molar refractivity (Wildman–Crippen MR) is 115 cm³/mol. The van der Waals surface area contributed by atoms with Crippen LogP contribution in [-0.4, -0.2) is 53.9 Å². The van der Waals surface area contributed by atoms with E-state index in [2.05, 4.69) is 15.5 Å². The fraction of sp³-hybridized carbons (Fsp3) is 0.300. The van der Waals surface area contributed by atoms with E-state index < -0.39 is 0 Å². The molecule has 1 saturated heterocycles. The molecule has 0 atom stereocenters. The van der Waals surface area contributed by atoms with Crippen LogP contribution in [0.5, 0.6) is 0 Å². The highest BCUT2D eigenvalue weighted by molar-refractivity contribution is 7.21. The second-order valence-corrected chi connectivity index (χ2v) is 8.41. The fourth-order valence-corrected chi connectivity index (χ4v) is 4.45. The fourth-order valence-electron chi connectivity index (χ4n) is 3.44. The number of likely N-dealkylation sites (tertiary alicyclic amines) is 1. The third kappa shape index (κ3) is 3.35. The minimum atomic E-state index is -0.255. The van der Waals surface area contributed by atoms with Gasteiger partial charge in [0.1, 0.15) is 17.6 Å². The molecule has 4 rings (SSSR count). The molecule has 0 saturated carbocycles. The predicted octanol–water partition coefficient (Wildman–Crippen LogP) is 1.25. The number of benzene rings is 1. The topological polar surface area (TPSA) is 101 Å². The van der Waals surface area contributed by atoms with Crippen molar-refractivity contribution in [1.29, 1.82) is 0 Å². The first-order chi connectivity index (χ1) is 13.8. The summed E-state index contributed by atoms with van der Waals surface area (Å²) in [6.07, 6.45) is 0. The number of carbonyl (C=O) groups excluding carboxylic acids is 2. The standard InChI is InChI=1S/C20H20BN5O2S/c1-9-4-5-13(14(21)6-9)20(28)26-7-12(8-26)23-18(27)17-16(22)15-10(2)11(3)24-25-19(15)29-17/h4-6,12H,7-8,22H2,1-3H3,(H,23,27). The number of aromatic nitrogens is 2. The molecule has 2 radical (unpaired) electrons. The van der Waals surface area contributed by atoms with Gasteiger partial charge in [-0.05, 0) is 32.4 Å². The van der Waals surface area contributed by atoms with Crippen molar-refractivity contribution in [2.75, 3.05) is 18.8 Å². The third-order valence-electron chi connectivity index (χ3n) is 5.28. The highest BCUT2D eigenvalue weighted by atomic mass is 32.1. The van der Waals surface area contributed by atoms with Crippen molar-refractivity contribution in [3.8, 4) is 0 Å².